The number of hydrogen-bond donors (Lipinski definition) is 2. The summed E-state index contributed by atoms with van der Waals surface area (Å²) in [6.45, 7) is 0. The number of rotatable bonds is 5. The molecule has 0 rings (SSSR count). The van der Waals surface area contributed by atoms with Crippen LogP contribution in [0, 0.1) is 0 Å². The van der Waals surface area contributed by atoms with Crippen LogP contribution < -0.4 is 0 Å². The Balaban J connectivity index is 2.53. The van der Waals surface area contributed by atoms with Gasteiger partial charge in [0.1, 0.15) is 0 Å². The lowest BCUT2D eigenvalue weighted by Gasteiger charge is -1.92. The van der Waals surface area contributed by atoms with Crippen LogP contribution in [0.3, 0.4) is 0 Å². The van der Waals surface area contributed by atoms with E-state index in [1.54, 1.807) is 21.6 Å². The highest BCUT2D eigenvalue weighted by atomic mass is 33.1. The largest absolute Gasteiger partial charge is 0.110 e. The molecule has 0 saturated carbocycles. The normalized spacial score (nSPS) is 9.75. The molecule has 0 aromatic rings. The summed E-state index contributed by atoms with van der Waals surface area (Å²) in [5.74, 6) is 0. The van der Waals surface area contributed by atoms with Gasteiger partial charge >= 0.3 is 0 Å². The van der Waals surface area contributed by atoms with E-state index in [0.29, 0.717) is 0 Å². The Hall–Kier alpha value is 2.10. The molecule has 0 fully saturated rings. The lowest BCUT2D eigenvalue weighted by Crippen LogP contribution is -1.58. The van der Waals surface area contributed by atoms with Gasteiger partial charge in [-0.25, -0.2) is 0 Å². The van der Waals surface area contributed by atoms with E-state index in [-0.39, 0.29) is 0 Å². The summed E-state index contributed by atoms with van der Waals surface area (Å²) in [5, 5.41) is 2.09. The molecule has 0 aliphatic carbocycles. The van der Waals surface area contributed by atoms with Crippen molar-refractivity contribution in [1.82, 2.24) is 0 Å². The topological polar surface area (TPSA) is 0 Å². The van der Waals surface area contributed by atoms with Gasteiger partial charge in [-0.15, -0.1) is 23.3 Å². The summed E-state index contributed by atoms with van der Waals surface area (Å²) in [5.41, 5.74) is 0. The van der Waals surface area contributed by atoms with Crippen molar-refractivity contribution in [1.29, 1.82) is 0 Å². The maximum Gasteiger partial charge on any atom is 0.0597 e. The molecule has 0 bridgehead atoms. The van der Waals surface area contributed by atoms with Crippen LogP contribution in [-0.2, 0) is 0 Å². The summed E-state index contributed by atoms with van der Waals surface area (Å²) in [6.07, 6.45) is 0. The van der Waals surface area contributed by atoms with Gasteiger partial charge in [0.05, 0.1) is 10.2 Å². The standard InChI is InChI=1S/C2H6S6/c3-5-1-7-8-2-6-4/h3-4H,1-2H2. The van der Waals surface area contributed by atoms with Gasteiger partial charge in [-0.3, -0.25) is 0 Å². The molecule has 0 unspecified atom stereocenters. The van der Waals surface area contributed by atoms with Gasteiger partial charge in [-0.2, -0.15) is 0 Å². The average Bonchev–Trinajstić information content (AvgIpc) is 1.81. The minimum absolute atomic E-state index is 1.04. The average molecular weight is 222 g/mol. The molecule has 6 heteroatoms. The van der Waals surface area contributed by atoms with Crippen LogP contribution in [0.25, 0.3) is 0 Å². The predicted molar refractivity (Wildman–Crippen MR) is 58.1 cm³/mol. The zero-order chi connectivity index (χ0) is 6.24. The van der Waals surface area contributed by atoms with E-state index in [1.165, 1.54) is 0 Å². The first-order valence-corrected chi connectivity index (χ1v) is 8.25. The van der Waals surface area contributed by atoms with Crippen molar-refractivity contribution < 1.29 is 0 Å². The van der Waals surface area contributed by atoms with Crippen molar-refractivity contribution in [3.8, 4) is 0 Å². The van der Waals surface area contributed by atoms with E-state index in [2.05, 4.69) is 23.3 Å². The highest BCUT2D eigenvalue weighted by molar-refractivity contribution is 8.85. The molecule has 0 aromatic heterocycles. The third kappa shape index (κ3) is 8.10. The number of hydrogen-bond acceptors (Lipinski definition) is 6. The van der Waals surface area contributed by atoms with E-state index >= 15 is 0 Å². The summed E-state index contributed by atoms with van der Waals surface area (Å²) < 4.78 is 0. The van der Waals surface area contributed by atoms with Crippen molar-refractivity contribution in [3.05, 3.63) is 0 Å². The van der Waals surface area contributed by atoms with E-state index in [4.69, 9.17) is 0 Å². The van der Waals surface area contributed by atoms with Crippen LogP contribution in [0.15, 0.2) is 0 Å². The molecular weight excluding hydrogens is 216 g/mol. The fourth-order valence-electron chi connectivity index (χ4n) is 0.111. The van der Waals surface area contributed by atoms with Gasteiger partial charge in [0.15, 0.2) is 0 Å². The van der Waals surface area contributed by atoms with E-state index in [1.807, 2.05) is 21.6 Å². The Bertz CT molecular complexity index is 31.5. The predicted octanol–water partition coefficient (Wildman–Crippen LogP) is 3.44. The van der Waals surface area contributed by atoms with Crippen LogP contribution >= 0.6 is 66.5 Å². The van der Waals surface area contributed by atoms with Crippen LogP contribution in [0.5, 0.6) is 0 Å². The Kier molecular flexibility index (Phi) is 11.5. The third-order valence-electron chi connectivity index (χ3n) is 0.285. The highest BCUT2D eigenvalue weighted by Crippen LogP contribution is 2.30. The molecule has 0 aliphatic rings. The van der Waals surface area contributed by atoms with Crippen molar-refractivity contribution in [2.45, 2.75) is 0 Å². The fourth-order valence-corrected chi connectivity index (χ4v) is 5.32. The monoisotopic (exact) mass is 222 g/mol. The maximum atomic E-state index is 3.98. The second-order valence-corrected chi connectivity index (χ2v) is 6.57. The lowest BCUT2D eigenvalue weighted by atomic mass is 11.9. The smallest absolute Gasteiger partial charge is 0.0597 e. The van der Waals surface area contributed by atoms with Crippen LogP contribution in [0.1, 0.15) is 0 Å². The molecule has 0 aromatic carbocycles. The zero-order valence-electron chi connectivity index (χ0n) is 3.94. The Morgan fingerprint density at radius 1 is 0.875 bits per heavy atom. The van der Waals surface area contributed by atoms with Gasteiger partial charge in [-0.05, 0) is 0 Å². The molecule has 0 N–H and O–H groups in total. The molecule has 0 radical (unpaired) electrons. The van der Waals surface area contributed by atoms with Crippen molar-refractivity contribution in [3.63, 3.8) is 0 Å². The van der Waals surface area contributed by atoms with Gasteiger partial charge < -0.3 is 0 Å². The molecule has 0 atom stereocenters. The maximum absolute atomic E-state index is 3.98. The van der Waals surface area contributed by atoms with Crippen molar-refractivity contribution >= 4 is 66.5 Å². The minimum Gasteiger partial charge on any atom is -0.110 e. The molecule has 0 heterocycles. The van der Waals surface area contributed by atoms with Crippen LogP contribution in [0.2, 0.25) is 0 Å². The summed E-state index contributed by atoms with van der Waals surface area (Å²) >= 11 is 7.96. The van der Waals surface area contributed by atoms with Crippen molar-refractivity contribution in [2.24, 2.45) is 0 Å². The molecule has 0 nitrogen and oxygen atoms in total. The fraction of sp³-hybridized carbons (Fsp3) is 1.00. The molecule has 0 spiro atoms. The van der Waals surface area contributed by atoms with Crippen molar-refractivity contribution in [2.75, 3.05) is 10.2 Å². The first-order valence-electron chi connectivity index (χ1n) is 1.69. The molecule has 0 amide bonds. The Labute approximate surface area is 76.1 Å². The SMILES string of the molecule is SSCSSCSS. The molecule has 0 saturated heterocycles. The van der Waals surface area contributed by atoms with Crippen LogP contribution in [-0.4, -0.2) is 10.2 Å². The Morgan fingerprint density at radius 2 is 1.25 bits per heavy atom. The molecule has 8 heavy (non-hydrogen) atoms. The summed E-state index contributed by atoms with van der Waals surface area (Å²) in [7, 11) is 6.73. The van der Waals surface area contributed by atoms with E-state index in [0.717, 1.165) is 10.2 Å². The van der Waals surface area contributed by atoms with Gasteiger partial charge in [-0.1, -0.05) is 43.2 Å². The lowest BCUT2D eigenvalue weighted by molar-refractivity contribution is 2.32. The Morgan fingerprint density at radius 3 is 1.50 bits per heavy atom. The summed E-state index contributed by atoms with van der Waals surface area (Å²) in [4.78, 5) is 0. The quantitative estimate of drug-likeness (QED) is 0.316. The summed E-state index contributed by atoms with van der Waals surface area (Å²) in [6, 6.07) is 0. The molecule has 50 valence electrons. The number of thiol groups is 2. The van der Waals surface area contributed by atoms with Gasteiger partial charge in [0, 0.05) is 0 Å². The molecular formula is C2H6S6. The van der Waals surface area contributed by atoms with Crippen LogP contribution in [0.4, 0.5) is 0 Å². The zero-order valence-corrected chi connectivity index (χ0v) is 9.00. The second-order valence-electron chi connectivity index (χ2n) is 0.730. The van der Waals surface area contributed by atoms with E-state index < -0.39 is 0 Å². The van der Waals surface area contributed by atoms with E-state index in [9.17, 15) is 0 Å². The highest BCUT2D eigenvalue weighted by Gasteiger charge is 1.85. The van der Waals surface area contributed by atoms with Gasteiger partial charge in [0.2, 0.25) is 0 Å². The first-order chi connectivity index (χ1) is 3.91. The first kappa shape index (κ1) is 10.1. The minimum atomic E-state index is 1.04. The third-order valence-corrected chi connectivity index (χ3v) is 6.19. The second kappa shape index (κ2) is 9.10. The molecule has 0 aliphatic heterocycles. The van der Waals surface area contributed by atoms with Gasteiger partial charge in [0.25, 0.3) is 0 Å².